The maximum absolute atomic E-state index is 13.0. The summed E-state index contributed by atoms with van der Waals surface area (Å²) in [6.45, 7) is 5.85. The Bertz CT molecular complexity index is 775. The highest BCUT2D eigenvalue weighted by Crippen LogP contribution is 2.46. The summed E-state index contributed by atoms with van der Waals surface area (Å²) < 4.78 is 5.00. The van der Waals surface area contributed by atoms with Crippen molar-refractivity contribution < 1.29 is 23.9 Å². The van der Waals surface area contributed by atoms with E-state index >= 15 is 0 Å². The van der Waals surface area contributed by atoms with E-state index in [1.165, 1.54) is 18.4 Å². The van der Waals surface area contributed by atoms with E-state index in [9.17, 15) is 19.2 Å². The van der Waals surface area contributed by atoms with Gasteiger partial charge in [0.15, 0.2) is 6.61 Å². The lowest BCUT2D eigenvalue weighted by molar-refractivity contribution is -0.151. The van der Waals surface area contributed by atoms with Gasteiger partial charge in [0.25, 0.3) is 11.8 Å². The third-order valence-corrected chi connectivity index (χ3v) is 6.43. The van der Waals surface area contributed by atoms with E-state index in [1.807, 2.05) is 0 Å². The minimum absolute atomic E-state index is 0.0805. The fourth-order valence-corrected chi connectivity index (χ4v) is 5.52. The van der Waals surface area contributed by atoms with Crippen LogP contribution in [0.5, 0.6) is 0 Å². The molecule has 0 aromatic carbocycles. The number of amides is 4. The van der Waals surface area contributed by atoms with Crippen LogP contribution in [-0.4, -0.2) is 54.0 Å². The van der Waals surface area contributed by atoms with Gasteiger partial charge in [-0.15, -0.1) is 0 Å². The van der Waals surface area contributed by atoms with Gasteiger partial charge < -0.3 is 15.4 Å². The standard InChI is InChI=1S/C23H35N3O5/c1-16-11-22(2,3)15-23(12-16)20(29)26(21(30)25-23)13-19(28)31-14-18(27)24-10-9-17-7-5-4-6-8-17/h7,16H,4-6,8-15H2,1-3H3,(H,24,27)(H,25,30)/t16-,23+/m0/s1. The van der Waals surface area contributed by atoms with Crippen LogP contribution in [0.15, 0.2) is 11.6 Å². The molecule has 8 heteroatoms. The molecule has 172 valence electrons. The van der Waals surface area contributed by atoms with Crippen LogP contribution in [0.1, 0.15) is 72.1 Å². The van der Waals surface area contributed by atoms with E-state index in [1.54, 1.807) is 0 Å². The molecule has 2 fully saturated rings. The zero-order valence-corrected chi connectivity index (χ0v) is 18.9. The molecule has 0 radical (unpaired) electrons. The molecule has 1 spiro atoms. The lowest BCUT2D eigenvalue weighted by Gasteiger charge is -2.43. The third-order valence-electron chi connectivity index (χ3n) is 6.43. The highest BCUT2D eigenvalue weighted by Gasteiger charge is 2.56. The molecule has 8 nitrogen and oxygen atoms in total. The van der Waals surface area contributed by atoms with Crippen molar-refractivity contribution in [2.45, 2.75) is 77.7 Å². The Morgan fingerprint density at radius 1 is 1.26 bits per heavy atom. The molecule has 1 aliphatic heterocycles. The molecule has 3 aliphatic rings. The lowest BCUT2D eigenvalue weighted by atomic mass is 9.64. The van der Waals surface area contributed by atoms with Gasteiger partial charge >= 0.3 is 12.0 Å². The molecule has 4 amide bonds. The van der Waals surface area contributed by atoms with E-state index in [0.29, 0.717) is 19.4 Å². The average molecular weight is 434 g/mol. The number of hydrogen-bond donors (Lipinski definition) is 2. The number of rotatable bonds is 7. The van der Waals surface area contributed by atoms with Gasteiger partial charge in [0.2, 0.25) is 0 Å². The summed E-state index contributed by atoms with van der Waals surface area (Å²) in [5.74, 6) is -1.25. The number of urea groups is 1. The monoisotopic (exact) mass is 433 g/mol. The topological polar surface area (TPSA) is 105 Å². The van der Waals surface area contributed by atoms with Crippen molar-refractivity contribution in [2.24, 2.45) is 11.3 Å². The molecule has 0 unspecified atom stereocenters. The Morgan fingerprint density at radius 2 is 2.03 bits per heavy atom. The minimum atomic E-state index is -0.955. The van der Waals surface area contributed by atoms with Crippen molar-refractivity contribution in [2.75, 3.05) is 19.7 Å². The van der Waals surface area contributed by atoms with E-state index in [0.717, 1.165) is 30.6 Å². The number of carbonyl (C=O) groups is 4. The maximum atomic E-state index is 13.0. The minimum Gasteiger partial charge on any atom is -0.454 e. The van der Waals surface area contributed by atoms with Crippen molar-refractivity contribution in [3.63, 3.8) is 0 Å². The van der Waals surface area contributed by atoms with Gasteiger partial charge in [-0.05, 0) is 62.7 Å². The first-order valence-corrected chi connectivity index (χ1v) is 11.3. The van der Waals surface area contributed by atoms with E-state index in [2.05, 4.69) is 37.5 Å². The molecule has 2 N–H and O–H groups in total. The van der Waals surface area contributed by atoms with Crippen molar-refractivity contribution in [3.8, 4) is 0 Å². The first kappa shape index (κ1) is 23.3. The lowest BCUT2D eigenvalue weighted by Crippen LogP contribution is -2.54. The molecular weight excluding hydrogens is 398 g/mol. The van der Waals surface area contributed by atoms with Crippen LogP contribution in [-0.2, 0) is 19.1 Å². The van der Waals surface area contributed by atoms with Gasteiger partial charge in [-0.2, -0.15) is 0 Å². The Hall–Kier alpha value is -2.38. The molecule has 2 aliphatic carbocycles. The number of esters is 1. The number of hydrogen-bond acceptors (Lipinski definition) is 5. The van der Waals surface area contributed by atoms with Crippen LogP contribution < -0.4 is 10.6 Å². The molecule has 0 aromatic rings. The summed E-state index contributed by atoms with van der Waals surface area (Å²) in [4.78, 5) is 50.5. The Kier molecular flexibility index (Phi) is 7.06. The molecule has 0 bridgehead atoms. The van der Waals surface area contributed by atoms with Crippen LogP contribution in [0.3, 0.4) is 0 Å². The zero-order valence-electron chi connectivity index (χ0n) is 18.9. The Labute approximate surface area is 184 Å². The number of nitrogens with zero attached hydrogens (tertiary/aromatic N) is 1. The highest BCUT2D eigenvalue weighted by atomic mass is 16.5. The number of nitrogens with one attached hydrogen (secondary N) is 2. The van der Waals surface area contributed by atoms with Gasteiger partial charge in [0.1, 0.15) is 12.1 Å². The fourth-order valence-electron chi connectivity index (χ4n) is 5.52. The molecule has 1 saturated carbocycles. The quantitative estimate of drug-likeness (QED) is 0.365. The molecule has 3 rings (SSSR count). The summed E-state index contributed by atoms with van der Waals surface area (Å²) in [6.07, 6.45) is 9.71. The number of allylic oxidation sites excluding steroid dienone is 1. The fraction of sp³-hybridized carbons (Fsp3) is 0.739. The Balaban J connectivity index is 1.44. The molecule has 31 heavy (non-hydrogen) atoms. The molecular formula is C23H35N3O5. The van der Waals surface area contributed by atoms with Gasteiger partial charge in [-0.3, -0.25) is 19.3 Å². The van der Waals surface area contributed by atoms with Crippen molar-refractivity contribution in [3.05, 3.63) is 11.6 Å². The van der Waals surface area contributed by atoms with Gasteiger partial charge in [0.05, 0.1) is 0 Å². The second-order valence-corrected chi connectivity index (χ2v) is 10.1. The van der Waals surface area contributed by atoms with Gasteiger partial charge in [-0.25, -0.2) is 4.79 Å². The smallest absolute Gasteiger partial charge is 0.326 e. The number of imide groups is 1. The first-order chi connectivity index (χ1) is 14.6. The molecule has 2 atom stereocenters. The zero-order chi connectivity index (χ0) is 22.6. The molecule has 0 aromatic heterocycles. The third kappa shape index (κ3) is 5.86. The first-order valence-electron chi connectivity index (χ1n) is 11.3. The number of carbonyl (C=O) groups excluding carboxylic acids is 4. The van der Waals surface area contributed by atoms with Crippen LogP contribution >= 0.6 is 0 Å². The van der Waals surface area contributed by atoms with Gasteiger partial charge in [0, 0.05) is 6.54 Å². The van der Waals surface area contributed by atoms with Crippen molar-refractivity contribution in [1.82, 2.24) is 15.5 Å². The summed E-state index contributed by atoms with van der Waals surface area (Å²) in [5.41, 5.74) is 0.323. The average Bonchev–Trinajstić information content (AvgIpc) is 2.89. The Morgan fingerprint density at radius 3 is 2.71 bits per heavy atom. The maximum Gasteiger partial charge on any atom is 0.326 e. The van der Waals surface area contributed by atoms with Crippen LogP contribution in [0.4, 0.5) is 4.79 Å². The van der Waals surface area contributed by atoms with E-state index < -0.39 is 30.7 Å². The SMILES string of the molecule is C[C@H]1CC(C)(C)C[C@@]2(C1)NC(=O)N(CC(=O)OCC(=O)NCCC1=CCCCC1)C2=O. The second-order valence-electron chi connectivity index (χ2n) is 10.1. The predicted octanol–water partition coefficient (Wildman–Crippen LogP) is 2.67. The van der Waals surface area contributed by atoms with Gasteiger partial charge in [-0.1, -0.05) is 32.4 Å². The van der Waals surface area contributed by atoms with E-state index in [-0.39, 0.29) is 23.1 Å². The van der Waals surface area contributed by atoms with Crippen LogP contribution in [0, 0.1) is 11.3 Å². The second kappa shape index (κ2) is 9.40. The summed E-state index contributed by atoms with van der Waals surface area (Å²) in [5, 5.41) is 5.57. The summed E-state index contributed by atoms with van der Waals surface area (Å²) in [6, 6.07) is -0.572. The normalized spacial score (nSPS) is 27.6. The largest absolute Gasteiger partial charge is 0.454 e. The predicted molar refractivity (Wildman–Crippen MR) is 115 cm³/mol. The molecule has 1 saturated heterocycles. The highest BCUT2D eigenvalue weighted by molar-refractivity contribution is 6.08. The molecule has 1 heterocycles. The number of ether oxygens (including phenoxy) is 1. The van der Waals surface area contributed by atoms with Crippen LogP contribution in [0.2, 0.25) is 0 Å². The summed E-state index contributed by atoms with van der Waals surface area (Å²) in [7, 11) is 0. The van der Waals surface area contributed by atoms with E-state index in [4.69, 9.17) is 4.74 Å². The van der Waals surface area contributed by atoms with Crippen LogP contribution in [0.25, 0.3) is 0 Å². The summed E-state index contributed by atoms with van der Waals surface area (Å²) >= 11 is 0. The van der Waals surface area contributed by atoms with Crippen molar-refractivity contribution in [1.29, 1.82) is 0 Å². The van der Waals surface area contributed by atoms with Crippen molar-refractivity contribution >= 4 is 23.8 Å².